The summed E-state index contributed by atoms with van der Waals surface area (Å²) in [5, 5.41) is 3.53. The van der Waals surface area contributed by atoms with Gasteiger partial charge in [0, 0.05) is 39.1 Å². The second-order valence-electron chi connectivity index (χ2n) is 6.82. The van der Waals surface area contributed by atoms with Crippen molar-refractivity contribution in [3.05, 3.63) is 0 Å². The van der Waals surface area contributed by atoms with Crippen LogP contribution in [-0.4, -0.2) is 70.1 Å². The molecule has 0 aromatic rings. The van der Waals surface area contributed by atoms with E-state index in [1.54, 1.807) is 6.92 Å². The molecule has 0 saturated carbocycles. The number of carbonyl (C=O) groups excluding carboxylic acids is 4. The van der Waals surface area contributed by atoms with Gasteiger partial charge in [-0.25, -0.2) is 17.1 Å². The Labute approximate surface area is 240 Å². The first-order valence-corrected chi connectivity index (χ1v) is 13.5. The van der Waals surface area contributed by atoms with Gasteiger partial charge in [-0.3, -0.25) is 30.0 Å². The van der Waals surface area contributed by atoms with Crippen molar-refractivity contribution < 1.29 is 42.9 Å². The van der Waals surface area contributed by atoms with Crippen LogP contribution in [0.4, 0.5) is 0 Å². The highest BCUT2D eigenvalue weighted by Crippen LogP contribution is 1.96. The number of hydrazine groups is 2. The monoisotopic (exact) mass is 584 g/mol. The van der Waals surface area contributed by atoms with Crippen molar-refractivity contribution in [1.29, 1.82) is 0 Å². The van der Waals surface area contributed by atoms with E-state index in [9.17, 15) is 19.2 Å². The first-order chi connectivity index (χ1) is 19.2. The molecular weight excluding hydrogens is 528 g/mol. The zero-order chi connectivity index (χ0) is 31.9. The van der Waals surface area contributed by atoms with Gasteiger partial charge in [-0.1, -0.05) is 20.8 Å². The minimum absolute atomic E-state index is 0.0801. The molecule has 0 aliphatic heterocycles. The largest absolute Gasteiger partial charge is 0.482 e. The van der Waals surface area contributed by atoms with Gasteiger partial charge < -0.3 is 23.7 Å². The normalized spacial score (nSPS) is 9.18. The smallest absolute Gasteiger partial charge is 0.293 e. The SMILES string of the molecule is CCCC(=O)N/N=C/OCC.CCCC(=O)NN.CCCC(=O)NN.CCOC(OCC)OCC.CCOC=O. The molecule has 0 rings (SSSR count). The van der Waals surface area contributed by atoms with E-state index in [1.807, 2.05) is 59.3 Å². The summed E-state index contributed by atoms with van der Waals surface area (Å²) in [5.41, 5.74) is 6.38. The molecule has 0 spiro atoms. The third-order valence-corrected chi connectivity index (χ3v) is 3.38. The minimum atomic E-state index is -0.472. The summed E-state index contributed by atoms with van der Waals surface area (Å²) in [6.45, 7) is 18.0. The molecule has 0 saturated heterocycles. The van der Waals surface area contributed by atoms with E-state index in [0.29, 0.717) is 58.8 Å². The lowest BCUT2D eigenvalue weighted by Gasteiger charge is -2.15. The molecule has 0 aliphatic rings. The molecule has 0 radical (unpaired) electrons. The van der Waals surface area contributed by atoms with Gasteiger partial charge in [0.05, 0.1) is 13.2 Å². The van der Waals surface area contributed by atoms with Crippen LogP contribution in [0.3, 0.4) is 0 Å². The molecular formula is C25H56N6O9. The number of hydrogen-bond donors (Lipinski definition) is 5. The van der Waals surface area contributed by atoms with Crippen LogP contribution in [0.2, 0.25) is 0 Å². The van der Waals surface area contributed by atoms with Crippen LogP contribution in [-0.2, 0) is 42.9 Å². The third-order valence-electron chi connectivity index (χ3n) is 3.38. The molecule has 3 amide bonds. The van der Waals surface area contributed by atoms with Gasteiger partial charge in [0.1, 0.15) is 0 Å². The molecule has 0 aromatic carbocycles. The second kappa shape index (κ2) is 46.0. The van der Waals surface area contributed by atoms with Crippen LogP contribution in [0.15, 0.2) is 5.10 Å². The lowest BCUT2D eigenvalue weighted by Crippen LogP contribution is -2.29. The topological polar surface area (TPSA) is 215 Å². The number of carbonyl (C=O) groups is 4. The first-order valence-electron chi connectivity index (χ1n) is 13.5. The lowest BCUT2D eigenvalue weighted by atomic mass is 10.3. The standard InChI is InChI=1S/C7H14N2O2.C7H16O3.2C4H10N2O.C3H6O2/c1-3-5-7(10)9-8-6-11-4-2;1-4-8-7(9-5-2)10-6-3;2*1-2-3-4(7)6-5;1-2-5-3-4/h6H,3-5H2,1-2H3,(H,9,10);7H,4-6H2,1-3H3;2*2-3,5H2,1H3,(H,6,7);3H,2H2,1H3/b8-6+;;;;. The van der Waals surface area contributed by atoms with Crippen molar-refractivity contribution >= 4 is 30.6 Å². The van der Waals surface area contributed by atoms with Crippen molar-refractivity contribution in [2.45, 2.75) is 100 Å². The Kier molecular flexibility index (Phi) is 54.1. The number of hydrogen-bond acceptors (Lipinski definition) is 12. The molecule has 0 fully saturated rings. The summed E-state index contributed by atoms with van der Waals surface area (Å²) in [6, 6.07) is 0. The summed E-state index contributed by atoms with van der Waals surface area (Å²) in [7, 11) is 0. The maximum absolute atomic E-state index is 10.7. The fraction of sp³-hybridized carbons (Fsp3) is 0.800. The summed E-state index contributed by atoms with van der Waals surface area (Å²) in [4.78, 5) is 40.3. The minimum Gasteiger partial charge on any atom is -0.482 e. The highest BCUT2D eigenvalue weighted by atomic mass is 16.8. The fourth-order valence-corrected chi connectivity index (χ4v) is 1.71. The number of ether oxygens (including phenoxy) is 5. The maximum atomic E-state index is 10.7. The molecule has 40 heavy (non-hydrogen) atoms. The molecule has 15 heteroatoms. The van der Waals surface area contributed by atoms with Gasteiger partial charge in [-0.05, 0) is 53.9 Å². The van der Waals surface area contributed by atoms with Crippen molar-refractivity contribution in [3.63, 3.8) is 0 Å². The quantitative estimate of drug-likeness (QED) is 0.0317. The van der Waals surface area contributed by atoms with Gasteiger partial charge >= 0.3 is 0 Å². The van der Waals surface area contributed by atoms with Gasteiger partial charge in [0.25, 0.3) is 12.9 Å². The highest BCUT2D eigenvalue weighted by Gasteiger charge is 2.04. The number of nitrogens with zero attached hydrogens (tertiary/aromatic N) is 1. The molecule has 7 N–H and O–H groups in total. The van der Waals surface area contributed by atoms with Crippen LogP contribution in [0.5, 0.6) is 0 Å². The van der Waals surface area contributed by atoms with Gasteiger partial charge in [-0.15, -0.1) is 5.10 Å². The van der Waals surface area contributed by atoms with E-state index in [4.69, 9.17) is 30.6 Å². The van der Waals surface area contributed by atoms with Crippen LogP contribution in [0.25, 0.3) is 0 Å². The molecule has 0 heterocycles. The van der Waals surface area contributed by atoms with E-state index in [-0.39, 0.29) is 17.7 Å². The van der Waals surface area contributed by atoms with E-state index < -0.39 is 6.48 Å². The Morgan fingerprint density at radius 1 is 0.650 bits per heavy atom. The zero-order valence-electron chi connectivity index (χ0n) is 25.8. The molecule has 240 valence electrons. The predicted octanol–water partition coefficient (Wildman–Crippen LogP) is 1.99. The third kappa shape index (κ3) is 55.6. The van der Waals surface area contributed by atoms with E-state index in [1.165, 1.54) is 6.40 Å². The molecule has 0 atom stereocenters. The average Bonchev–Trinajstić information content (AvgIpc) is 2.94. The van der Waals surface area contributed by atoms with Crippen LogP contribution < -0.4 is 28.0 Å². The zero-order valence-corrected chi connectivity index (χ0v) is 25.8. The highest BCUT2D eigenvalue weighted by molar-refractivity contribution is 5.76. The number of amides is 3. The van der Waals surface area contributed by atoms with Crippen molar-refractivity contribution in [2.75, 3.05) is 33.0 Å². The van der Waals surface area contributed by atoms with E-state index >= 15 is 0 Å². The number of nitrogens with one attached hydrogen (secondary N) is 3. The fourth-order valence-electron chi connectivity index (χ4n) is 1.71. The van der Waals surface area contributed by atoms with Gasteiger partial charge in [0.2, 0.25) is 17.7 Å². The van der Waals surface area contributed by atoms with Gasteiger partial charge in [0.15, 0.2) is 6.40 Å². The second-order valence-corrected chi connectivity index (χ2v) is 6.82. The summed E-state index contributed by atoms with van der Waals surface area (Å²) < 4.78 is 24.1. The molecule has 15 nitrogen and oxygen atoms in total. The van der Waals surface area contributed by atoms with Crippen LogP contribution in [0, 0.1) is 0 Å². The Morgan fingerprint density at radius 2 is 1.02 bits per heavy atom. The van der Waals surface area contributed by atoms with Crippen LogP contribution in [0.1, 0.15) is 93.9 Å². The maximum Gasteiger partial charge on any atom is 0.293 e. The first kappa shape index (κ1) is 47.0. The van der Waals surface area contributed by atoms with E-state index in [2.05, 4.69) is 15.3 Å². The summed E-state index contributed by atoms with van der Waals surface area (Å²) in [5.74, 6) is 9.25. The predicted molar refractivity (Wildman–Crippen MR) is 154 cm³/mol. The van der Waals surface area contributed by atoms with Crippen molar-refractivity contribution in [2.24, 2.45) is 16.8 Å². The Bertz CT molecular complexity index is 539. The van der Waals surface area contributed by atoms with E-state index in [0.717, 1.165) is 19.3 Å². The lowest BCUT2D eigenvalue weighted by molar-refractivity contribution is -0.282. The summed E-state index contributed by atoms with van der Waals surface area (Å²) >= 11 is 0. The number of nitrogens with two attached hydrogens (primary N) is 2. The Morgan fingerprint density at radius 3 is 1.25 bits per heavy atom. The number of hydrazone groups is 1. The average molecular weight is 585 g/mol. The van der Waals surface area contributed by atoms with Crippen molar-refractivity contribution in [1.82, 2.24) is 16.3 Å². The molecule has 0 unspecified atom stereocenters. The van der Waals surface area contributed by atoms with Gasteiger partial charge in [-0.2, -0.15) is 0 Å². The molecule has 0 bridgehead atoms. The Hall–Kier alpha value is -2.85. The summed E-state index contributed by atoms with van der Waals surface area (Å²) in [6.07, 6.45) is 5.31. The van der Waals surface area contributed by atoms with Crippen molar-refractivity contribution in [3.8, 4) is 0 Å². The molecule has 0 aliphatic carbocycles. The Balaban J connectivity index is -0.000000131. The molecule has 0 aromatic heterocycles. The number of rotatable bonds is 17. The van der Waals surface area contributed by atoms with Crippen LogP contribution >= 0.6 is 0 Å².